The second-order valence-electron chi connectivity index (χ2n) is 10.6. The second-order valence-corrected chi connectivity index (χ2v) is 10.6. The van der Waals surface area contributed by atoms with Gasteiger partial charge in [-0.15, -0.1) is 0 Å². The molecule has 0 bridgehead atoms. The minimum absolute atomic E-state index is 0.0707. The maximum Gasteiger partial charge on any atom is 0.246 e. The number of amides is 2. The molecule has 0 aliphatic carbocycles. The smallest absolute Gasteiger partial charge is 0.246 e. The number of nitrogens with one attached hydrogen (secondary N) is 1. The van der Waals surface area contributed by atoms with E-state index in [4.69, 9.17) is 0 Å². The summed E-state index contributed by atoms with van der Waals surface area (Å²) < 4.78 is 0. The zero-order chi connectivity index (χ0) is 23.8. The van der Waals surface area contributed by atoms with Gasteiger partial charge in [0.05, 0.1) is 0 Å². The number of hydrogen-bond donors (Lipinski definition) is 1. The molecule has 1 atom stereocenters. The summed E-state index contributed by atoms with van der Waals surface area (Å²) in [7, 11) is 4.11. The number of aryl methyl sites for hydroxylation is 1. The average Bonchev–Trinajstić information content (AvgIpc) is 2.79. The Bertz CT molecular complexity index is 757. The largest absolute Gasteiger partial charge is 0.342 e. The molecular weight excluding hydrogens is 412 g/mol. The number of carbonyl (C=O) groups is 2. The van der Waals surface area contributed by atoms with Gasteiger partial charge in [-0.05, 0) is 83.6 Å². The molecule has 0 unspecified atom stereocenters. The summed E-state index contributed by atoms with van der Waals surface area (Å²) >= 11 is 0. The number of unbranched alkanes of at least 4 members (excludes halogenated alkanes) is 1. The van der Waals surface area contributed by atoms with E-state index in [1.165, 1.54) is 12.0 Å². The number of hydrogen-bond acceptors (Lipinski definition) is 4. The van der Waals surface area contributed by atoms with Crippen LogP contribution in [0.15, 0.2) is 30.3 Å². The van der Waals surface area contributed by atoms with Gasteiger partial charge in [-0.2, -0.15) is 0 Å². The van der Waals surface area contributed by atoms with E-state index in [0.717, 1.165) is 58.3 Å². The van der Waals surface area contributed by atoms with Crippen LogP contribution >= 0.6 is 0 Å². The normalized spacial score (nSPS) is 21.3. The Hall–Kier alpha value is -1.92. The first kappa shape index (κ1) is 25.7. The molecule has 2 fully saturated rings. The zero-order valence-corrected chi connectivity index (χ0v) is 21.2. The number of carbonyl (C=O) groups excluding carboxylic acids is 2. The fourth-order valence-corrected chi connectivity index (χ4v) is 5.33. The molecule has 2 aliphatic rings. The summed E-state index contributed by atoms with van der Waals surface area (Å²) in [6.45, 7) is 8.62. The Morgan fingerprint density at radius 1 is 1.03 bits per heavy atom. The van der Waals surface area contributed by atoms with Crippen LogP contribution in [0.1, 0.15) is 57.9 Å². The quantitative estimate of drug-likeness (QED) is 0.520. The second kappa shape index (κ2) is 12.0. The first-order valence-electron chi connectivity index (χ1n) is 12.9. The lowest BCUT2D eigenvalue weighted by molar-refractivity contribution is -0.161. The van der Waals surface area contributed by atoms with Crippen molar-refractivity contribution in [3.8, 4) is 0 Å². The molecule has 1 aromatic rings. The van der Waals surface area contributed by atoms with E-state index in [1.54, 1.807) is 0 Å². The van der Waals surface area contributed by atoms with Crippen LogP contribution in [0.3, 0.4) is 0 Å². The summed E-state index contributed by atoms with van der Waals surface area (Å²) in [6.07, 6.45) is 6.53. The molecule has 2 heterocycles. The molecule has 2 aliphatic heterocycles. The van der Waals surface area contributed by atoms with Crippen LogP contribution in [0.2, 0.25) is 0 Å². The molecule has 1 spiro atoms. The first-order chi connectivity index (χ1) is 15.8. The molecule has 1 aromatic carbocycles. The van der Waals surface area contributed by atoms with Crippen molar-refractivity contribution in [3.05, 3.63) is 35.9 Å². The van der Waals surface area contributed by atoms with Gasteiger partial charge in [-0.1, -0.05) is 44.2 Å². The van der Waals surface area contributed by atoms with Crippen LogP contribution < -0.4 is 5.32 Å². The molecule has 184 valence electrons. The molecule has 6 nitrogen and oxygen atoms in total. The summed E-state index contributed by atoms with van der Waals surface area (Å²) in [6, 6.07) is 10.3. The molecule has 0 saturated carbocycles. The van der Waals surface area contributed by atoms with Crippen molar-refractivity contribution in [2.24, 2.45) is 5.92 Å². The summed E-state index contributed by atoms with van der Waals surface area (Å²) in [5, 5.41) is 3.11. The van der Waals surface area contributed by atoms with Crippen molar-refractivity contribution >= 4 is 11.8 Å². The number of piperidine rings is 1. The van der Waals surface area contributed by atoms with Gasteiger partial charge in [0.2, 0.25) is 11.8 Å². The van der Waals surface area contributed by atoms with Gasteiger partial charge >= 0.3 is 0 Å². The highest BCUT2D eigenvalue weighted by molar-refractivity contribution is 6.00. The third kappa shape index (κ3) is 6.80. The van der Waals surface area contributed by atoms with E-state index in [0.29, 0.717) is 18.9 Å². The van der Waals surface area contributed by atoms with Crippen LogP contribution in [0, 0.1) is 5.92 Å². The number of rotatable bonds is 11. The Labute approximate surface area is 200 Å². The number of likely N-dealkylation sites (tertiary alicyclic amines) is 1. The van der Waals surface area contributed by atoms with Gasteiger partial charge in [0.15, 0.2) is 0 Å². The zero-order valence-electron chi connectivity index (χ0n) is 21.2. The van der Waals surface area contributed by atoms with Crippen molar-refractivity contribution in [1.82, 2.24) is 20.0 Å². The minimum atomic E-state index is -0.669. The van der Waals surface area contributed by atoms with Crippen LogP contribution in [0.5, 0.6) is 0 Å². The first-order valence-corrected chi connectivity index (χ1v) is 12.9. The van der Waals surface area contributed by atoms with Crippen molar-refractivity contribution < 1.29 is 9.59 Å². The Balaban J connectivity index is 1.57. The lowest BCUT2D eigenvalue weighted by Crippen LogP contribution is -2.73. The molecule has 2 amide bonds. The molecule has 33 heavy (non-hydrogen) atoms. The van der Waals surface area contributed by atoms with Gasteiger partial charge in [0.1, 0.15) is 11.6 Å². The van der Waals surface area contributed by atoms with E-state index in [-0.39, 0.29) is 17.9 Å². The Morgan fingerprint density at radius 2 is 1.73 bits per heavy atom. The van der Waals surface area contributed by atoms with Crippen molar-refractivity contribution in [2.45, 2.75) is 70.4 Å². The highest BCUT2D eigenvalue weighted by Crippen LogP contribution is 2.34. The average molecular weight is 457 g/mol. The standard InChI is InChI=1S/C27H44N4O2/c1-22(2)21-24-25(32)31(18-10-16-29(3)4)27(26(33)28-24)14-19-30(20-15-27)17-9-8-13-23-11-6-5-7-12-23/h5-7,11-12,22,24H,8-10,13-21H2,1-4H3,(H,28,33)/t24-/m0/s1. The molecule has 0 radical (unpaired) electrons. The number of benzene rings is 1. The van der Waals surface area contributed by atoms with Crippen molar-refractivity contribution in [2.75, 3.05) is 46.8 Å². The highest BCUT2D eigenvalue weighted by Gasteiger charge is 2.53. The van der Waals surface area contributed by atoms with Crippen LogP contribution in [-0.2, 0) is 16.0 Å². The van der Waals surface area contributed by atoms with Crippen molar-refractivity contribution in [1.29, 1.82) is 0 Å². The lowest BCUT2D eigenvalue weighted by Gasteiger charge is -2.52. The molecular formula is C27H44N4O2. The van der Waals surface area contributed by atoms with Crippen LogP contribution in [0.25, 0.3) is 0 Å². The maximum atomic E-state index is 13.5. The topological polar surface area (TPSA) is 55.9 Å². The summed E-state index contributed by atoms with van der Waals surface area (Å²) in [5.74, 6) is 0.564. The number of nitrogens with zero attached hydrogens (tertiary/aromatic N) is 3. The van der Waals surface area contributed by atoms with Gasteiger partial charge in [-0.3, -0.25) is 9.59 Å². The Kier molecular flexibility index (Phi) is 9.33. The molecule has 3 rings (SSSR count). The molecule has 0 aromatic heterocycles. The van der Waals surface area contributed by atoms with Crippen LogP contribution in [-0.4, -0.2) is 84.9 Å². The molecule has 1 N–H and O–H groups in total. The predicted molar refractivity (Wildman–Crippen MR) is 134 cm³/mol. The lowest BCUT2D eigenvalue weighted by atomic mass is 9.80. The molecule has 6 heteroatoms. The minimum Gasteiger partial charge on any atom is -0.342 e. The van der Waals surface area contributed by atoms with Gasteiger partial charge < -0.3 is 20.0 Å². The Morgan fingerprint density at radius 3 is 2.36 bits per heavy atom. The van der Waals surface area contributed by atoms with Gasteiger partial charge in [0.25, 0.3) is 0 Å². The fraction of sp³-hybridized carbons (Fsp3) is 0.704. The number of piperazine rings is 1. The van der Waals surface area contributed by atoms with E-state index >= 15 is 0 Å². The van der Waals surface area contributed by atoms with Crippen LogP contribution in [0.4, 0.5) is 0 Å². The third-order valence-corrected chi connectivity index (χ3v) is 7.22. The van der Waals surface area contributed by atoms with Crippen molar-refractivity contribution in [3.63, 3.8) is 0 Å². The maximum absolute atomic E-state index is 13.5. The summed E-state index contributed by atoms with van der Waals surface area (Å²) in [4.78, 5) is 33.5. The predicted octanol–water partition coefficient (Wildman–Crippen LogP) is 3.17. The summed E-state index contributed by atoms with van der Waals surface area (Å²) in [5.41, 5.74) is 0.731. The van der Waals surface area contributed by atoms with Gasteiger partial charge in [-0.25, -0.2) is 0 Å². The van der Waals surface area contributed by atoms with E-state index in [2.05, 4.69) is 73.4 Å². The van der Waals surface area contributed by atoms with E-state index in [1.807, 2.05) is 4.90 Å². The SMILES string of the molecule is CC(C)C[C@@H]1NC(=O)C2(CCN(CCCCc3ccccc3)CC2)N(CCCN(C)C)C1=O. The van der Waals surface area contributed by atoms with E-state index < -0.39 is 5.54 Å². The van der Waals surface area contributed by atoms with E-state index in [9.17, 15) is 9.59 Å². The monoisotopic (exact) mass is 456 g/mol. The third-order valence-electron chi connectivity index (χ3n) is 7.22. The van der Waals surface area contributed by atoms with Gasteiger partial charge in [0, 0.05) is 19.6 Å². The highest BCUT2D eigenvalue weighted by atomic mass is 16.2. The fourth-order valence-electron chi connectivity index (χ4n) is 5.33. The molecule has 2 saturated heterocycles.